The Bertz CT molecular complexity index is 1530. The number of halogens is 1. The van der Waals surface area contributed by atoms with E-state index in [1.165, 1.54) is 17.1 Å². The van der Waals surface area contributed by atoms with E-state index in [9.17, 15) is 9.59 Å². The van der Waals surface area contributed by atoms with Crippen LogP contribution in [-0.2, 0) is 9.59 Å². The molecule has 2 amide bonds. The van der Waals surface area contributed by atoms with Crippen molar-refractivity contribution in [1.82, 2.24) is 35.5 Å². The van der Waals surface area contributed by atoms with E-state index in [0.717, 1.165) is 5.56 Å². The fourth-order valence-electron chi connectivity index (χ4n) is 4.09. The number of benzene rings is 2. The highest BCUT2D eigenvalue weighted by atomic mass is 35.5. The summed E-state index contributed by atoms with van der Waals surface area (Å²) in [7, 11) is 0. The summed E-state index contributed by atoms with van der Waals surface area (Å²) < 4.78 is 1.49. The molecule has 2 aromatic heterocycles. The molecule has 1 aliphatic heterocycles. The monoisotopic (exact) mass is 529 g/mol. The van der Waals surface area contributed by atoms with Crippen LogP contribution in [0.25, 0.3) is 23.0 Å². The lowest BCUT2D eigenvalue weighted by atomic mass is 10.1. The first-order valence-electron chi connectivity index (χ1n) is 11.9. The van der Waals surface area contributed by atoms with Gasteiger partial charge in [-0.2, -0.15) is 4.68 Å². The Morgan fingerprint density at radius 2 is 2.11 bits per heavy atom. The molecule has 4 aromatic rings. The number of tetrazole rings is 1. The average Bonchev–Trinajstić information content (AvgIpc) is 3.59. The van der Waals surface area contributed by atoms with Crippen LogP contribution in [0.1, 0.15) is 36.7 Å². The molecule has 0 aliphatic carbocycles. The molecule has 192 valence electrons. The van der Waals surface area contributed by atoms with Crippen LogP contribution in [0.4, 0.5) is 11.4 Å². The number of anilines is 2. The van der Waals surface area contributed by atoms with Crippen molar-refractivity contribution < 1.29 is 9.59 Å². The maximum absolute atomic E-state index is 13.0. The third kappa shape index (κ3) is 5.79. The largest absolute Gasteiger partial charge is 0.399 e. The normalized spacial score (nSPS) is 16.6. The van der Waals surface area contributed by atoms with Gasteiger partial charge in [0.15, 0.2) is 0 Å². The van der Waals surface area contributed by atoms with Crippen molar-refractivity contribution in [2.24, 2.45) is 0 Å². The van der Waals surface area contributed by atoms with Crippen LogP contribution in [0.15, 0.2) is 67.2 Å². The standard InChI is InChI=1S/C26H24ClN9O2/c27-17-7-10-23(36-15-30-34-35-36)16(12-17)6-11-25(38)31-20-4-2-1-3-5-24(37)32-21-13-18(28)8-9-19(21)22-14-29-26(20)33-22/h1-2,6-15,20H,3-5,28H2,(H,29,33)(H,31,38)(H,32,37)/b2-1+,11-6+/t20-/m0/s1. The number of rotatable bonds is 4. The van der Waals surface area contributed by atoms with Gasteiger partial charge in [0.2, 0.25) is 11.8 Å². The third-order valence-electron chi connectivity index (χ3n) is 5.93. The number of imidazole rings is 1. The second kappa shape index (κ2) is 11.1. The Morgan fingerprint density at radius 3 is 2.95 bits per heavy atom. The highest BCUT2D eigenvalue weighted by Gasteiger charge is 2.19. The van der Waals surface area contributed by atoms with Gasteiger partial charge in [0.1, 0.15) is 12.2 Å². The first kappa shape index (κ1) is 24.9. The fourth-order valence-corrected chi connectivity index (χ4v) is 4.27. The fraction of sp³-hybridized carbons (Fsp3) is 0.154. The minimum atomic E-state index is -0.433. The molecule has 1 aliphatic rings. The Kier molecular flexibility index (Phi) is 7.27. The molecule has 0 unspecified atom stereocenters. The zero-order valence-electron chi connectivity index (χ0n) is 20.1. The molecule has 1 atom stereocenters. The van der Waals surface area contributed by atoms with Crippen LogP contribution in [0.3, 0.4) is 0 Å². The van der Waals surface area contributed by atoms with Gasteiger partial charge >= 0.3 is 0 Å². The van der Waals surface area contributed by atoms with Crippen LogP contribution in [-0.4, -0.2) is 42.0 Å². The highest BCUT2D eigenvalue weighted by Crippen LogP contribution is 2.30. The van der Waals surface area contributed by atoms with Crippen LogP contribution in [0.2, 0.25) is 5.02 Å². The average molecular weight is 530 g/mol. The molecule has 2 aromatic carbocycles. The van der Waals surface area contributed by atoms with E-state index in [0.29, 0.717) is 58.4 Å². The molecule has 5 rings (SSSR count). The number of nitrogens with one attached hydrogen (secondary N) is 3. The van der Waals surface area contributed by atoms with Crippen molar-refractivity contribution in [2.75, 3.05) is 11.1 Å². The van der Waals surface area contributed by atoms with Crippen molar-refractivity contribution in [1.29, 1.82) is 0 Å². The molecule has 3 heterocycles. The molecule has 5 N–H and O–H groups in total. The molecule has 0 saturated carbocycles. The van der Waals surface area contributed by atoms with E-state index in [4.69, 9.17) is 17.3 Å². The van der Waals surface area contributed by atoms with E-state index in [-0.39, 0.29) is 11.8 Å². The molecule has 0 radical (unpaired) electrons. The number of hydrogen-bond donors (Lipinski definition) is 4. The maximum atomic E-state index is 13.0. The summed E-state index contributed by atoms with van der Waals surface area (Å²) in [6, 6.07) is 10.1. The molecule has 11 nitrogen and oxygen atoms in total. The Balaban J connectivity index is 1.40. The number of carbonyl (C=O) groups is 2. The Hall–Kier alpha value is -4.77. The minimum absolute atomic E-state index is 0.113. The van der Waals surface area contributed by atoms with Crippen LogP contribution >= 0.6 is 11.6 Å². The smallest absolute Gasteiger partial charge is 0.244 e. The van der Waals surface area contributed by atoms with E-state index in [2.05, 4.69) is 36.1 Å². The predicted octanol–water partition coefficient (Wildman–Crippen LogP) is 3.84. The summed E-state index contributed by atoms with van der Waals surface area (Å²) in [6.45, 7) is 0. The van der Waals surface area contributed by atoms with Gasteiger partial charge in [0.25, 0.3) is 0 Å². The van der Waals surface area contributed by atoms with E-state index >= 15 is 0 Å². The summed E-state index contributed by atoms with van der Waals surface area (Å²) in [5, 5.41) is 17.7. The Labute approximate surface area is 222 Å². The van der Waals surface area contributed by atoms with Crippen LogP contribution in [0.5, 0.6) is 0 Å². The molecule has 12 heteroatoms. The summed E-state index contributed by atoms with van der Waals surface area (Å²) in [5.41, 5.74) is 9.87. The van der Waals surface area contributed by atoms with Crippen molar-refractivity contribution in [3.63, 3.8) is 0 Å². The number of allylic oxidation sites excluding steroid dienone is 1. The molecule has 0 spiro atoms. The lowest BCUT2D eigenvalue weighted by Gasteiger charge is -2.14. The number of H-pyrrole nitrogens is 1. The maximum Gasteiger partial charge on any atom is 0.244 e. The SMILES string of the molecule is Nc1ccc2c(c1)NC(=O)CC/C=C/C[C@H](NC(=O)/C=C/c1cc(Cl)ccc1-n1cnnn1)c1ncc-2[nH]1. The zero-order chi connectivity index (χ0) is 26.5. The molecular formula is C26H24ClN9O2. The van der Waals surface area contributed by atoms with Gasteiger partial charge in [0, 0.05) is 34.3 Å². The number of fused-ring (bicyclic) bond motifs is 4. The first-order chi connectivity index (χ1) is 18.5. The summed E-state index contributed by atoms with van der Waals surface area (Å²) in [6.07, 6.45) is 11.4. The summed E-state index contributed by atoms with van der Waals surface area (Å²) >= 11 is 6.18. The van der Waals surface area contributed by atoms with Crippen LogP contribution < -0.4 is 16.4 Å². The van der Waals surface area contributed by atoms with Gasteiger partial charge in [-0.05, 0) is 65.7 Å². The summed E-state index contributed by atoms with van der Waals surface area (Å²) in [5.74, 6) is 0.146. The van der Waals surface area contributed by atoms with Gasteiger partial charge in [0.05, 0.1) is 29.3 Å². The number of amides is 2. The van der Waals surface area contributed by atoms with Crippen molar-refractivity contribution >= 4 is 40.9 Å². The predicted molar refractivity (Wildman–Crippen MR) is 144 cm³/mol. The minimum Gasteiger partial charge on any atom is -0.399 e. The van der Waals surface area contributed by atoms with Crippen molar-refractivity contribution in [3.8, 4) is 16.9 Å². The number of nitrogen functional groups attached to an aromatic ring is 1. The topological polar surface area (TPSA) is 156 Å². The lowest BCUT2D eigenvalue weighted by molar-refractivity contribution is -0.117. The number of aromatic amines is 1. The van der Waals surface area contributed by atoms with E-state index < -0.39 is 6.04 Å². The van der Waals surface area contributed by atoms with E-state index in [1.807, 2.05) is 18.2 Å². The van der Waals surface area contributed by atoms with E-state index in [1.54, 1.807) is 42.6 Å². The number of aromatic nitrogens is 6. The molecule has 0 saturated heterocycles. The second-order valence-corrected chi connectivity index (χ2v) is 9.07. The summed E-state index contributed by atoms with van der Waals surface area (Å²) in [4.78, 5) is 33.2. The highest BCUT2D eigenvalue weighted by molar-refractivity contribution is 6.30. The van der Waals surface area contributed by atoms with Crippen LogP contribution in [0, 0.1) is 0 Å². The first-order valence-corrected chi connectivity index (χ1v) is 12.3. The number of nitrogens with zero attached hydrogens (tertiary/aromatic N) is 5. The van der Waals surface area contributed by atoms with Gasteiger partial charge in [-0.1, -0.05) is 23.8 Å². The van der Waals surface area contributed by atoms with Gasteiger partial charge in [-0.25, -0.2) is 4.98 Å². The van der Waals surface area contributed by atoms with Crippen molar-refractivity contribution in [3.05, 3.63) is 83.6 Å². The molecule has 38 heavy (non-hydrogen) atoms. The number of hydrogen-bond acceptors (Lipinski definition) is 7. The lowest BCUT2D eigenvalue weighted by Crippen LogP contribution is -2.27. The Morgan fingerprint density at radius 1 is 1.21 bits per heavy atom. The zero-order valence-corrected chi connectivity index (χ0v) is 20.9. The second-order valence-electron chi connectivity index (χ2n) is 8.63. The van der Waals surface area contributed by atoms with Gasteiger partial charge < -0.3 is 21.4 Å². The van der Waals surface area contributed by atoms with Gasteiger partial charge in [-0.3, -0.25) is 9.59 Å². The molecule has 0 fully saturated rings. The number of carbonyl (C=O) groups excluding carboxylic acids is 2. The quantitative estimate of drug-likeness (QED) is 0.178. The van der Waals surface area contributed by atoms with Crippen molar-refractivity contribution in [2.45, 2.75) is 25.3 Å². The van der Waals surface area contributed by atoms with Gasteiger partial charge in [-0.15, -0.1) is 5.10 Å². The molecule has 2 bridgehead atoms. The molecular weight excluding hydrogens is 506 g/mol. The number of nitrogens with two attached hydrogens (primary N) is 1. The third-order valence-corrected chi connectivity index (χ3v) is 6.16.